The van der Waals surface area contributed by atoms with Crippen LogP contribution in [0.15, 0.2) is 23.7 Å². The second kappa shape index (κ2) is 5.65. The highest BCUT2D eigenvalue weighted by molar-refractivity contribution is 7.09. The Hall–Kier alpha value is -1.17. The zero-order valence-corrected chi connectivity index (χ0v) is 11.7. The van der Waals surface area contributed by atoms with Crippen molar-refractivity contribution in [3.8, 4) is 0 Å². The lowest BCUT2D eigenvalue weighted by atomic mass is 10.2. The van der Waals surface area contributed by atoms with Gasteiger partial charge in [-0.25, -0.2) is 9.97 Å². The van der Waals surface area contributed by atoms with Crippen LogP contribution in [0.3, 0.4) is 0 Å². The van der Waals surface area contributed by atoms with Gasteiger partial charge in [0.2, 0.25) is 0 Å². The maximum atomic E-state index is 12.0. The molecular formula is C11H9Cl2N3OS. The standard InChI is InChI=1S/C11H9Cl2N3OS/c1-6(11-14-2-3-18-11)15-10(17)7-4-8(12)16-9(13)5-7/h2-6H,1H3,(H,15,17). The predicted molar refractivity (Wildman–Crippen MR) is 72.3 cm³/mol. The second-order valence-corrected chi connectivity index (χ2v) is 5.27. The van der Waals surface area contributed by atoms with Crippen LogP contribution in [0, 0.1) is 0 Å². The molecule has 2 heterocycles. The summed E-state index contributed by atoms with van der Waals surface area (Å²) < 4.78 is 0. The van der Waals surface area contributed by atoms with Gasteiger partial charge in [0.05, 0.1) is 6.04 Å². The summed E-state index contributed by atoms with van der Waals surface area (Å²) in [6.07, 6.45) is 1.70. The summed E-state index contributed by atoms with van der Waals surface area (Å²) in [6, 6.07) is 2.78. The molecule has 1 amide bonds. The van der Waals surface area contributed by atoms with E-state index in [9.17, 15) is 4.79 Å². The second-order valence-electron chi connectivity index (χ2n) is 3.57. The smallest absolute Gasteiger partial charge is 0.252 e. The molecule has 1 atom stereocenters. The largest absolute Gasteiger partial charge is 0.343 e. The van der Waals surface area contributed by atoms with Crippen LogP contribution < -0.4 is 5.32 Å². The summed E-state index contributed by atoms with van der Waals surface area (Å²) in [5, 5.41) is 5.90. The Bertz CT molecular complexity index is 539. The number of halogens is 2. The summed E-state index contributed by atoms with van der Waals surface area (Å²) in [4.78, 5) is 19.9. The third kappa shape index (κ3) is 3.19. The minimum absolute atomic E-state index is 0.164. The Morgan fingerprint density at radius 1 is 1.39 bits per heavy atom. The van der Waals surface area contributed by atoms with Crippen LogP contribution in [0.25, 0.3) is 0 Å². The van der Waals surface area contributed by atoms with E-state index in [0.29, 0.717) is 5.56 Å². The van der Waals surface area contributed by atoms with E-state index in [1.165, 1.54) is 23.5 Å². The SMILES string of the molecule is CC(NC(=O)c1cc(Cl)nc(Cl)c1)c1nccs1. The van der Waals surface area contributed by atoms with Gasteiger partial charge in [-0.15, -0.1) is 11.3 Å². The Balaban J connectivity index is 2.12. The summed E-state index contributed by atoms with van der Waals surface area (Å²) in [7, 11) is 0. The van der Waals surface area contributed by atoms with Gasteiger partial charge in [0.1, 0.15) is 15.3 Å². The number of nitrogens with zero attached hydrogens (tertiary/aromatic N) is 2. The van der Waals surface area contributed by atoms with Crippen LogP contribution in [0.2, 0.25) is 10.3 Å². The first-order valence-corrected chi connectivity index (χ1v) is 6.73. The number of hydrogen-bond acceptors (Lipinski definition) is 4. The number of carbonyl (C=O) groups is 1. The third-order valence-corrected chi connectivity index (χ3v) is 3.54. The van der Waals surface area contributed by atoms with Gasteiger partial charge < -0.3 is 5.32 Å². The highest BCUT2D eigenvalue weighted by Crippen LogP contribution is 2.18. The molecule has 4 nitrogen and oxygen atoms in total. The monoisotopic (exact) mass is 301 g/mol. The van der Waals surface area contributed by atoms with Crippen molar-refractivity contribution in [1.29, 1.82) is 0 Å². The fraction of sp³-hybridized carbons (Fsp3) is 0.182. The highest BCUT2D eigenvalue weighted by atomic mass is 35.5. The molecule has 0 aromatic carbocycles. The van der Waals surface area contributed by atoms with E-state index in [2.05, 4.69) is 15.3 Å². The molecule has 1 N–H and O–H groups in total. The molecule has 0 fully saturated rings. The molecule has 18 heavy (non-hydrogen) atoms. The van der Waals surface area contributed by atoms with Crippen molar-refractivity contribution in [3.05, 3.63) is 44.6 Å². The molecule has 7 heteroatoms. The number of rotatable bonds is 3. The fourth-order valence-corrected chi connectivity index (χ4v) is 2.49. The van der Waals surface area contributed by atoms with E-state index in [0.717, 1.165) is 5.01 Å². The number of aromatic nitrogens is 2. The zero-order valence-electron chi connectivity index (χ0n) is 9.35. The molecule has 1 unspecified atom stereocenters. The Morgan fingerprint density at radius 2 is 2.06 bits per heavy atom. The minimum Gasteiger partial charge on any atom is -0.343 e. The topological polar surface area (TPSA) is 54.9 Å². The molecule has 2 aromatic rings. The number of carbonyl (C=O) groups excluding carboxylic acids is 1. The van der Waals surface area contributed by atoms with Crippen molar-refractivity contribution < 1.29 is 4.79 Å². The number of hydrogen-bond donors (Lipinski definition) is 1. The molecule has 0 radical (unpaired) electrons. The normalized spacial score (nSPS) is 12.2. The summed E-state index contributed by atoms with van der Waals surface area (Å²) in [5.41, 5.74) is 0.378. The average molecular weight is 302 g/mol. The lowest BCUT2D eigenvalue weighted by Crippen LogP contribution is -2.26. The molecule has 0 spiro atoms. The molecule has 0 aliphatic heterocycles. The minimum atomic E-state index is -0.260. The van der Waals surface area contributed by atoms with Crippen molar-refractivity contribution in [2.75, 3.05) is 0 Å². The third-order valence-electron chi connectivity index (χ3n) is 2.19. The van der Waals surface area contributed by atoms with E-state index in [1.54, 1.807) is 6.20 Å². The van der Waals surface area contributed by atoms with Gasteiger partial charge in [0.15, 0.2) is 0 Å². The molecule has 94 valence electrons. The van der Waals surface area contributed by atoms with Crippen molar-refractivity contribution in [1.82, 2.24) is 15.3 Å². The van der Waals surface area contributed by atoms with E-state index in [4.69, 9.17) is 23.2 Å². The average Bonchev–Trinajstić information content (AvgIpc) is 2.80. The molecule has 0 saturated carbocycles. The zero-order chi connectivity index (χ0) is 13.1. The maximum absolute atomic E-state index is 12.0. The summed E-state index contributed by atoms with van der Waals surface area (Å²) in [5.74, 6) is -0.260. The van der Waals surface area contributed by atoms with E-state index in [-0.39, 0.29) is 22.3 Å². The van der Waals surface area contributed by atoms with Gasteiger partial charge in [-0.05, 0) is 19.1 Å². The van der Waals surface area contributed by atoms with Crippen molar-refractivity contribution in [2.45, 2.75) is 13.0 Å². The van der Waals surface area contributed by atoms with Crippen LogP contribution in [-0.2, 0) is 0 Å². The number of nitrogens with one attached hydrogen (secondary N) is 1. The maximum Gasteiger partial charge on any atom is 0.252 e. The molecule has 0 aliphatic carbocycles. The lowest BCUT2D eigenvalue weighted by Gasteiger charge is -2.11. The lowest BCUT2D eigenvalue weighted by molar-refractivity contribution is 0.0939. The van der Waals surface area contributed by atoms with Crippen LogP contribution >= 0.6 is 34.5 Å². The van der Waals surface area contributed by atoms with Gasteiger partial charge in [-0.1, -0.05) is 23.2 Å². The number of thiazole rings is 1. The summed E-state index contributed by atoms with van der Waals surface area (Å²) in [6.45, 7) is 1.86. The van der Waals surface area contributed by atoms with Gasteiger partial charge in [0, 0.05) is 17.1 Å². The van der Waals surface area contributed by atoms with Crippen molar-refractivity contribution in [3.63, 3.8) is 0 Å². The number of amides is 1. The highest BCUT2D eigenvalue weighted by Gasteiger charge is 2.14. The van der Waals surface area contributed by atoms with E-state index >= 15 is 0 Å². The van der Waals surface area contributed by atoms with Gasteiger partial charge in [-0.2, -0.15) is 0 Å². The summed E-state index contributed by atoms with van der Waals surface area (Å²) >= 11 is 13.0. The Morgan fingerprint density at radius 3 is 2.61 bits per heavy atom. The van der Waals surface area contributed by atoms with E-state index in [1.807, 2.05) is 12.3 Å². The quantitative estimate of drug-likeness (QED) is 0.885. The molecule has 2 aromatic heterocycles. The van der Waals surface area contributed by atoms with Crippen LogP contribution in [-0.4, -0.2) is 15.9 Å². The molecule has 0 saturated heterocycles. The molecule has 2 rings (SSSR count). The first kappa shape index (κ1) is 13.3. The van der Waals surface area contributed by atoms with Crippen LogP contribution in [0.1, 0.15) is 28.3 Å². The van der Waals surface area contributed by atoms with Gasteiger partial charge >= 0.3 is 0 Å². The molecule has 0 bridgehead atoms. The van der Waals surface area contributed by atoms with Crippen LogP contribution in [0.5, 0.6) is 0 Å². The Kier molecular flexibility index (Phi) is 4.16. The van der Waals surface area contributed by atoms with E-state index < -0.39 is 0 Å². The van der Waals surface area contributed by atoms with Crippen LogP contribution in [0.4, 0.5) is 0 Å². The molecule has 0 aliphatic rings. The number of pyridine rings is 1. The van der Waals surface area contributed by atoms with Crippen molar-refractivity contribution >= 4 is 40.4 Å². The fourth-order valence-electron chi connectivity index (χ4n) is 1.39. The predicted octanol–water partition coefficient (Wildman–Crippen LogP) is 3.34. The Labute approximate surface area is 118 Å². The molecular weight excluding hydrogens is 293 g/mol. The first-order chi connectivity index (χ1) is 8.56. The first-order valence-electron chi connectivity index (χ1n) is 5.09. The van der Waals surface area contributed by atoms with Gasteiger partial charge in [-0.3, -0.25) is 4.79 Å². The van der Waals surface area contributed by atoms with Gasteiger partial charge in [0.25, 0.3) is 5.91 Å². The van der Waals surface area contributed by atoms with Crippen molar-refractivity contribution in [2.24, 2.45) is 0 Å².